The van der Waals surface area contributed by atoms with Crippen molar-refractivity contribution in [3.8, 4) is 0 Å². The van der Waals surface area contributed by atoms with E-state index in [2.05, 4.69) is 10.3 Å². The number of aromatic nitrogens is 1. The molecule has 80 valence electrons. The van der Waals surface area contributed by atoms with Crippen LogP contribution in [0.3, 0.4) is 0 Å². The minimum Gasteiger partial charge on any atom is -0.391 e. The molecule has 1 aromatic rings. The van der Waals surface area contributed by atoms with Gasteiger partial charge in [-0.05, 0) is 13.0 Å². The molecule has 1 rings (SSSR count). The van der Waals surface area contributed by atoms with E-state index >= 15 is 0 Å². The second-order valence-corrected chi connectivity index (χ2v) is 3.98. The minimum atomic E-state index is -0.371. The fourth-order valence-electron chi connectivity index (χ4n) is 1.08. The van der Waals surface area contributed by atoms with Crippen LogP contribution in [0.1, 0.15) is 11.4 Å². The van der Waals surface area contributed by atoms with E-state index in [4.69, 9.17) is 4.74 Å². The summed E-state index contributed by atoms with van der Waals surface area (Å²) in [5, 5.41) is 15.6. The second-order valence-electron chi connectivity index (χ2n) is 3.00. The average molecular weight is 216 g/mol. The van der Waals surface area contributed by atoms with Crippen LogP contribution in [0.25, 0.3) is 0 Å². The number of rotatable bonds is 7. The van der Waals surface area contributed by atoms with Crippen LogP contribution in [0.5, 0.6) is 0 Å². The molecule has 0 aromatic carbocycles. The quantitative estimate of drug-likeness (QED) is 0.656. The zero-order chi connectivity index (χ0) is 10.2. The maximum Gasteiger partial charge on any atom is 0.106 e. The molecule has 1 unspecified atom stereocenters. The van der Waals surface area contributed by atoms with Gasteiger partial charge in [0.25, 0.3) is 0 Å². The summed E-state index contributed by atoms with van der Waals surface area (Å²) in [6.07, 6.45) is 2.13. The Hall–Kier alpha value is -0.490. The van der Waals surface area contributed by atoms with Gasteiger partial charge in [0.15, 0.2) is 0 Å². The summed E-state index contributed by atoms with van der Waals surface area (Å²) in [4.78, 5) is 4.14. The number of thiazole rings is 1. The lowest BCUT2D eigenvalue weighted by atomic mass is 10.3. The van der Waals surface area contributed by atoms with Crippen LogP contribution in [0.2, 0.25) is 0 Å². The Balaban J connectivity index is 1.99. The highest BCUT2D eigenvalue weighted by atomic mass is 32.1. The van der Waals surface area contributed by atoms with E-state index in [-0.39, 0.29) is 6.10 Å². The SMILES string of the molecule is COCC(O)CCNCc1nccs1. The number of aliphatic hydroxyl groups is 1. The zero-order valence-corrected chi connectivity index (χ0v) is 9.09. The van der Waals surface area contributed by atoms with Crippen molar-refractivity contribution in [2.45, 2.75) is 19.1 Å². The van der Waals surface area contributed by atoms with Crippen LogP contribution >= 0.6 is 11.3 Å². The molecule has 0 spiro atoms. The molecule has 5 heteroatoms. The molecule has 1 atom stereocenters. The molecular weight excluding hydrogens is 200 g/mol. The standard InChI is InChI=1S/C9H16N2O2S/c1-13-7-8(12)2-3-10-6-9-11-4-5-14-9/h4-5,8,10,12H,2-3,6-7H2,1H3. The summed E-state index contributed by atoms with van der Waals surface area (Å²) in [5.41, 5.74) is 0. The van der Waals surface area contributed by atoms with Gasteiger partial charge in [0, 0.05) is 25.2 Å². The van der Waals surface area contributed by atoms with E-state index in [1.54, 1.807) is 24.6 Å². The zero-order valence-electron chi connectivity index (χ0n) is 8.27. The summed E-state index contributed by atoms with van der Waals surface area (Å²) >= 11 is 1.63. The number of hydrogen-bond acceptors (Lipinski definition) is 5. The molecule has 0 radical (unpaired) electrons. The first-order valence-electron chi connectivity index (χ1n) is 4.59. The first kappa shape index (κ1) is 11.6. The molecule has 0 aliphatic carbocycles. The van der Waals surface area contributed by atoms with Crippen molar-refractivity contribution < 1.29 is 9.84 Å². The molecule has 1 heterocycles. The number of nitrogens with zero attached hydrogens (tertiary/aromatic N) is 1. The Bertz CT molecular complexity index is 229. The van der Waals surface area contributed by atoms with Crippen molar-refractivity contribution in [1.29, 1.82) is 0 Å². The number of methoxy groups -OCH3 is 1. The van der Waals surface area contributed by atoms with E-state index in [0.29, 0.717) is 13.0 Å². The van der Waals surface area contributed by atoms with Crippen LogP contribution in [0.15, 0.2) is 11.6 Å². The van der Waals surface area contributed by atoms with Crippen molar-refractivity contribution in [2.75, 3.05) is 20.3 Å². The van der Waals surface area contributed by atoms with Crippen LogP contribution in [0.4, 0.5) is 0 Å². The fourth-order valence-corrected chi connectivity index (χ4v) is 1.67. The maximum atomic E-state index is 9.33. The molecule has 0 fully saturated rings. The molecule has 0 amide bonds. The molecule has 14 heavy (non-hydrogen) atoms. The molecule has 0 saturated carbocycles. The Morgan fingerprint density at radius 2 is 2.57 bits per heavy atom. The van der Waals surface area contributed by atoms with Gasteiger partial charge in [-0.3, -0.25) is 0 Å². The third-order valence-electron chi connectivity index (χ3n) is 1.77. The minimum absolute atomic E-state index is 0.371. The molecule has 0 bridgehead atoms. The van der Waals surface area contributed by atoms with Crippen molar-refractivity contribution >= 4 is 11.3 Å². The van der Waals surface area contributed by atoms with E-state index in [9.17, 15) is 5.11 Å². The predicted octanol–water partition coefficient (Wildman–Crippen LogP) is 0.630. The Morgan fingerprint density at radius 3 is 3.21 bits per heavy atom. The third-order valence-corrected chi connectivity index (χ3v) is 2.55. The van der Waals surface area contributed by atoms with Crippen LogP contribution < -0.4 is 5.32 Å². The Morgan fingerprint density at radius 1 is 1.71 bits per heavy atom. The van der Waals surface area contributed by atoms with Gasteiger partial charge in [-0.25, -0.2) is 4.98 Å². The molecule has 0 aliphatic rings. The molecular formula is C9H16N2O2S. The summed E-state index contributed by atoms with van der Waals surface area (Å²) in [6, 6.07) is 0. The summed E-state index contributed by atoms with van der Waals surface area (Å²) in [7, 11) is 1.59. The highest BCUT2D eigenvalue weighted by Gasteiger charge is 2.02. The van der Waals surface area contributed by atoms with E-state index in [1.807, 2.05) is 5.38 Å². The van der Waals surface area contributed by atoms with Crippen LogP contribution in [-0.2, 0) is 11.3 Å². The third kappa shape index (κ3) is 4.66. The maximum absolute atomic E-state index is 9.33. The number of nitrogens with one attached hydrogen (secondary N) is 1. The van der Waals surface area contributed by atoms with Gasteiger partial charge in [-0.1, -0.05) is 0 Å². The molecule has 4 nitrogen and oxygen atoms in total. The monoisotopic (exact) mass is 216 g/mol. The van der Waals surface area contributed by atoms with Gasteiger partial charge in [0.1, 0.15) is 5.01 Å². The topological polar surface area (TPSA) is 54.4 Å². The van der Waals surface area contributed by atoms with Gasteiger partial charge in [0.2, 0.25) is 0 Å². The number of hydrogen-bond donors (Lipinski definition) is 2. The highest BCUT2D eigenvalue weighted by Crippen LogP contribution is 2.02. The van der Waals surface area contributed by atoms with Gasteiger partial charge in [-0.15, -0.1) is 11.3 Å². The molecule has 0 aliphatic heterocycles. The number of ether oxygens (including phenoxy) is 1. The predicted molar refractivity (Wildman–Crippen MR) is 56.3 cm³/mol. The van der Waals surface area contributed by atoms with Crippen molar-refractivity contribution in [2.24, 2.45) is 0 Å². The normalized spacial score (nSPS) is 13.0. The van der Waals surface area contributed by atoms with Crippen molar-refractivity contribution in [1.82, 2.24) is 10.3 Å². The summed E-state index contributed by atoms with van der Waals surface area (Å²) in [5.74, 6) is 0. The molecule has 2 N–H and O–H groups in total. The van der Waals surface area contributed by atoms with Crippen molar-refractivity contribution in [3.05, 3.63) is 16.6 Å². The lowest BCUT2D eigenvalue weighted by Crippen LogP contribution is -2.22. The number of aliphatic hydroxyl groups excluding tert-OH is 1. The molecule has 0 saturated heterocycles. The Kier molecular flexibility index (Phi) is 5.70. The lowest BCUT2D eigenvalue weighted by Gasteiger charge is -2.08. The molecule has 1 aromatic heterocycles. The highest BCUT2D eigenvalue weighted by molar-refractivity contribution is 7.09. The van der Waals surface area contributed by atoms with Gasteiger partial charge in [-0.2, -0.15) is 0 Å². The van der Waals surface area contributed by atoms with Gasteiger partial charge >= 0.3 is 0 Å². The van der Waals surface area contributed by atoms with Gasteiger partial charge in [0.05, 0.1) is 12.7 Å². The largest absolute Gasteiger partial charge is 0.391 e. The first-order chi connectivity index (χ1) is 6.83. The van der Waals surface area contributed by atoms with Crippen LogP contribution in [-0.4, -0.2) is 36.5 Å². The van der Waals surface area contributed by atoms with Gasteiger partial charge < -0.3 is 15.2 Å². The Labute approximate surface area is 87.9 Å². The van der Waals surface area contributed by atoms with Crippen LogP contribution in [0, 0.1) is 0 Å². The lowest BCUT2D eigenvalue weighted by molar-refractivity contribution is 0.0594. The smallest absolute Gasteiger partial charge is 0.106 e. The fraction of sp³-hybridized carbons (Fsp3) is 0.667. The summed E-state index contributed by atoms with van der Waals surface area (Å²) < 4.78 is 4.82. The van der Waals surface area contributed by atoms with E-state index in [0.717, 1.165) is 18.1 Å². The van der Waals surface area contributed by atoms with Crippen molar-refractivity contribution in [3.63, 3.8) is 0 Å². The van der Waals surface area contributed by atoms with E-state index in [1.165, 1.54) is 0 Å². The summed E-state index contributed by atoms with van der Waals surface area (Å²) in [6.45, 7) is 1.96. The average Bonchev–Trinajstić information content (AvgIpc) is 2.65. The van der Waals surface area contributed by atoms with E-state index < -0.39 is 0 Å². The first-order valence-corrected chi connectivity index (χ1v) is 5.47. The second kappa shape index (κ2) is 6.89.